The van der Waals surface area contributed by atoms with E-state index in [1.807, 2.05) is 35.2 Å². The third kappa shape index (κ3) is 7.38. The highest BCUT2D eigenvalue weighted by atomic mass is 35.5. The van der Waals surface area contributed by atoms with E-state index in [2.05, 4.69) is 42.3 Å². The highest BCUT2D eigenvalue weighted by Gasteiger charge is 2.27. The Hall–Kier alpha value is -1.79. The van der Waals surface area contributed by atoms with Gasteiger partial charge in [-0.05, 0) is 61.8 Å². The summed E-state index contributed by atoms with van der Waals surface area (Å²) in [5.41, 5.74) is 3.15. The minimum Gasteiger partial charge on any atom is -1.00 e. The average Bonchev–Trinajstić information content (AvgIpc) is 3.32. The molecule has 1 N–H and O–H groups in total. The summed E-state index contributed by atoms with van der Waals surface area (Å²) in [6.45, 7) is 9.85. The van der Waals surface area contributed by atoms with Crippen molar-refractivity contribution in [2.24, 2.45) is 0 Å². The summed E-state index contributed by atoms with van der Waals surface area (Å²) in [5.74, 6) is 1.00. The first kappa shape index (κ1) is 28.2. The second kappa shape index (κ2) is 14.4. The highest BCUT2D eigenvalue weighted by molar-refractivity contribution is 5.94. The number of amides is 1. The molecular weight excluding hydrogens is 445 g/mol. The Morgan fingerprint density at radius 2 is 1.75 bits per heavy atom. The molecule has 0 bridgehead atoms. The van der Waals surface area contributed by atoms with Gasteiger partial charge in [0, 0.05) is 31.2 Å². The lowest BCUT2D eigenvalue weighted by atomic mass is 10.1. The Morgan fingerprint density at radius 1 is 1.06 bits per heavy atom. The Balaban J connectivity index is 0.00000256. The molecule has 0 spiro atoms. The number of carbonyl (C=O) groups is 1. The Morgan fingerprint density at radius 3 is 2.34 bits per heavy atom. The van der Waals surface area contributed by atoms with E-state index in [0.717, 1.165) is 62.4 Å². The molecule has 2 aromatic rings. The molecule has 1 atom stereocenters. The number of halogens is 2. The van der Waals surface area contributed by atoms with E-state index in [1.165, 1.54) is 5.56 Å². The quantitative estimate of drug-likeness (QED) is 0.412. The van der Waals surface area contributed by atoms with Crippen LogP contribution in [0, 0.1) is 0 Å². The lowest BCUT2D eigenvalue weighted by Crippen LogP contribution is -3.00. The van der Waals surface area contributed by atoms with Crippen molar-refractivity contribution >= 4 is 5.91 Å². The van der Waals surface area contributed by atoms with Gasteiger partial charge in [-0.15, -0.1) is 0 Å². The Kier molecular flexibility index (Phi) is 12.7. The topological polar surface area (TPSA) is 44.8 Å². The van der Waals surface area contributed by atoms with Crippen LogP contribution in [0.15, 0.2) is 48.5 Å². The summed E-state index contributed by atoms with van der Waals surface area (Å²) in [5, 5.41) is 3.40. The van der Waals surface area contributed by atoms with E-state index in [0.29, 0.717) is 6.54 Å². The van der Waals surface area contributed by atoms with Gasteiger partial charge in [-0.2, -0.15) is 0 Å². The molecule has 1 aliphatic heterocycles. The molecule has 32 heavy (non-hydrogen) atoms. The second-order valence-electron chi connectivity index (χ2n) is 7.87. The van der Waals surface area contributed by atoms with E-state index < -0.39 is 0 Å². The van der Waals surface area contributed by atoms with Crippen LogP contribution >= 0.6 is 0 Å². The summed E-state index contributed by atoms with van der Waals surface area (Å²) in [4.78, 5) is 17.8. The van der Waals surface area contributed by atoms with Gasteiger partial charge >= 0.3 is 0 Å². The molecule has 0 aromatic heterocycles. The van der Waals surface area contributed by atoms with Crippen LogP contribution in [0.5, 0.6) is 5.75 Å². The number of hydrogen-bond acceptors (Lipinski definition) is 4. The van der Waals surface area contributed by atoms with Crippen molar-refractivity contribution in [3.8, 4) is 5.75 Å². The molecule has 1 heterocycles. The highest BCUT2D eigenvalue weighted by Crippen LogP contribution is 2.21. The molecule has 1 fully saturated rings. The van der Waals surface area contributed by atoms with Gasteiger partial charge < -0.3 is 39.8 Å². The van der Waals surface area contributed by atoms with Crippen molar-refractivity contribution in [2.45, 2.75) is 39.3 Å². The molecule has 5 nitrogen and oxygen atoms in total. The standard InChI is InChI=1S/C25H35N3O2.2ClH/c1-4-27(5-2)19-20-10-12-22(13-11-20)25(29)28(23-14-16-26-18-23)17-15-21-8-6-7-9-24(21)30-3;;/h6-13,23,26H,4-5,14-19H2,1-3H3;2*1H/p-2. The van der Waals surface area contributed by atoms with Crippen LogP contribution in [0.2, 0.25) is 0 Å². The van der Waals surface area contributed by atoms with Crippen LogP contribution in [-0.4, -0.2) is 61.6 Å². The number of ether oxygens (including phenoxy) is 1. The fourth-order valence-corrected chi connectivity index (χ4v) is 4.13. The zero-order chi connectivity index (χ0) is 21.3. The van der Waals surface area contributed by atoms with Crippen molar-refractivity contribution in [3.05, 3.63) is 65.2 Å². The molecule has 1 saturated heterocycles. The Bertz CT molecular complexity index is 807. The van der Waals surface area contributed by atoms with Gasteiger partial charge in [0.15, 0.2) is 0 Å². The van der Waals surface area contributed by atoms with Crippen molar-refractivity contribution in [1.29, 1.82) is 0 Å². The second-order valence-corrected chi connectivity index (χ2v) is 7.87. The van der Waals surface area contributed by atoms with E-state index in [9.17, 15) is 4.79 Å². The van der Waals surface area contributed by atoms with Crippen molar-refractivity contribution in [1.82, 2.24) is 15.1 Å². The fourth-order valence-electron chi connectivity index (χ4n) is 4.13. The zero-order valence-electron chi connectivity index (χ0n) is 19.3. The number of nitrogens with one attached hydrogen (secondary N) is 1. The van der Waals surface area contributed by atoms with Crippen LogP contribution in [0.1, 0.15) is 41.8 Å². The predicted molar refractivity (Wildman–Crippen MR) is 122 cm³/mol. The third-order valence-corrected chi connectivity index (χ3v) is 6.05. The van der Waals surface area contributed by atoms with Crippen LogP contribution in [0.4, 0.5) is 0 Å². The molecule has 3 rings (SSSR count). The lowest BCUT2D eigenvalue weighted by Gasteiger charge is -2.29. The molecule has 1 unspecified atom stereocenters. The number of nitrogens with zero attached hydrogens (tertiary/aromatic N) is 2. The Labute approximate surface area is 205 Å². The summed E-state index contributed by atoms with van der Waals surface area (Å²) in [6, 6.07) is 16.5. The summed E-state index contributed by atoms with van der Waals surface area (Å²) in [7, 11) is 1.70. The number of methoxy groups -OCH3 is 1. The molecule has 1 amide bonds. The first-order valence-corrected chi connectivity index (χ1v) is 11.1. The van der Waals surface area contributed by atoms with Crippen molar-refractivity contribution in [3.63, 3.8) is 0 Å². The van der Waals surface area contributed by atoms with Gasteiger partial charge in [0.25, 0.3) is 5.91 Å². The van der Waals surface area contributed by atoms with E-state index in [1.54, 1.807) is 7.11 Å². The number of benzene rings is 2. The summed E-state index contributed by atoms with van der Waals surface area (Å²) < 4.78 is 5.49. The van der Waals surface area contributed by atoms with E-state index in [4.69, 9.17) is 4.74 Å². The molecule has 7 heteroatoms. The monoisotopic (exact) mass is 479 g/mol. The van der Waals surface area contributed by atoms with Gasteiger partial charge in [0.2, 0.25) is 0 Å². The molecule has 0 aliphatic carbocycles. The van der Waals surface area contributed by atoms with Crippen LogP contribution in [0.25, 0.3) is 0 Å². The smallest absolute Gasteiger partial charge is 0.254 e. The SMILES string of the molecule is CCN(CC)Cc1ccc(C(=O)N(CCc2ccccc2OC)C2CCNC2)cc1.[Cl-].[Cl-]. The number of para-hydroxylation sites is 1. The van der Waals surface area contributed by atoms with Crippen molar-refractivity contribution < 1.29 is 34.3 Å². The maximum atomic E-state index is 13.4. The molecule has 1 aliphatic rings. The van der Waals surface area contributed by atoms with Gasteiger partial charge in [0.1, 0.15) is 5.75 Å². The van der Waals surface area contributed by atoms with Gasteiger partial charge in [-0.3, -0.25) is 9.69 Å². The molecule has 2 aromatic carbocycles. The largest absolute Gasteiger partial charge is 1.00 e. The zero-order valence-corrected chi connectivity index (χ0v) is 20.8. The fraction of sp³-hybridized carbons (Fsp3) is 0.480. The molecule has 0 saturated carbocycles. The maximum absolute atomic E-state index is 13.4. The van der Waals surface area contributed by atoms with Gasteiger partial charge in [-0.1, -0.05) is 44.2 Å². The van der Waals surface area contributed by atoms with Crippen LogP contribution in [0.3, 0.4) is 0 Å². The normalized spacial score (nSPS) is 15.1. The van der Waals surface area contributed by atoms with E-state index in [-0.39, 0.29) is 36.8 Å². The number of hydrogen-bond donors (Lipinski definition) is 1. The average molecular weight is 480 g/mol. The summed E-state index contributed by atoms with van der Waals surface area (Å²) >= 11 is 0. The number of rotatable bonds is 10. The van der Waals surface area contributed by atoms with E-state index >= 15 is 0 Å². The predicted octanol–water partition coefficient (Wildman–Crippen LogP) is -2.41. The third-order valence-electron chi connectivity index (χ3n) is 6.05. The van der Waals surface area contributed by atoms with Gasteiger partial charge in [-0.25, -0.2) is 0 Å². The van der Waals surface area contributed by atoms with Crippen LogP contribution < -0.4 is 34.9 Å². The molecular formula is C25H35Cl2N3O2-2. The number of carbonyl (C=O) groups excluding carboxylic acids is 1. The first-order valence-electron chi connectivity index (χ1n) is 11.1. The maximum Gasteiger partial charge on any atom is 0.254 e. The lowest BCUT2D eigenvalue weighted by molar-refractivity contribution is -0.001000. The minimum absolute atomic E-state index is 0. The summed E-state index contributed by atoms with van der Waals surface area (Å²) in [6.07, 6.45) is 1.78. The van der Waals surface area contributed by atoms with Crippen molar-refractivity contribution in [2.75, 3.05) is 39.8 Å². The van der Waals surface area contributed by atoms with Crippen LogP contribution in [-0.2, 0) is 13.0 Å². The minimum atomic E-state index is 0. The first-order chi connectivity index (χ1) is 14.7. The molecule has 178 valence electrons. The molecule has 0 radical (unpaired) electrons. The van der Waals surface area contributed by atoms with Gasteiger partial charge in [0.05, 0.1) is 7.11 Å².